The third-order valence-corrected chi connectivity index (χ3v) is 4.96. The van der Waals surface area contributed by atoms with Crippen LogP contribution in [-0.2, 0) is 0 Å². The van der Waals surface area contributed by atoms with Gasteiger partial charge in [-0.2, -0.15) is 0 Å². The van der Waals surface area contributed by atoms with Crippen molar-refractivity contribution in [3.8, 4) is 0 Å². The molecule has 0 amide bonds. The van der Waals surface area contributed by atoms with Crippen molar-refractivity contribution >= 4 is 5.84 Å². The summed E-state index contributed by atoms with van der Waals surface area (Å²) in [6, 6.07) is 0. The van der Waals surface area contributed by atoms with Crippen LogP contribution in [-0.4, -0.2) is 30.0 Å². The van der Waals surface area contributed by atoms with Gasteiger partial charge in [0.25, 0.3) is 0 Å². The van der Waals surface area contributed by atoms with Gasteiger partial charge in [0, 0.05) is 13.0 Å². The van der Waals surface area contributed by atoms with Crippen LogP contribution in [0.25, 0.3) is 0 Å². The molecule has 0 aromatic heterocycles. The van der Waals surface area contributed by atoms with E-state index in [0.717, 1.165) is 19.5 Å². The Morgan fingerprint density at radius 3 is 1.83 bits per heavy atom. The minimum atomic E-state index is 0.123. The maximum atomic E-state index is 5.98. The van der Waals surface area contributed by atoms with E-state index in [9.17, 15) is 0 Å². The minimum absolute atomic E-state index is 0.123. The Morgan fingerprint density at radius 2 is 1.35 bits per heavy atom. The second kappa shape index (κ2) is 13.8. The van der Waals surface area contributed by atoms with E-state index in [-0.39, 0.29) is 6.17 Å². The first-order chi connectivity index (χ1) is 11.3. The second-order valence-electron chi connectivity index (χ2n) is 7.22. The van der Waals surface area contributed by atoms with Crippen molar-refractivity contribution in [2.45, 2.75) is 110 Å². The number of nitrogens with zero attached hydrogens (tertiary/aromatic N) is 2. The average molecular weight is 324 g/mol. The first-order valence-corrected chi connectivity index (χ1v) is 10.3. The molecule has 23 heavy (non-hydrogen) atoms. The lowest BCUT2D eigenvalue weighted by Crippen LogP contribution is -2.41. The predicted molar refractivity (Wildman–Crippen MR) is 103 cm³/mol. The topological polar surface area (TPSA) is 41.6 Å². The molecule has 1 rings (SSSR count). The Bertz CT molecular complexity index is 299. The summed E-state index contributed by atoms with van der Waals surface area (Å²) >= 11 is 0. The van der Waals surface area contributed by atoms with Crippen molar-refractivity contribution in [1.82, 2.24) is 4.90 Å². The predicted octanol–water partition coefficient (Wildman–Crippen LogP) is 5.49. The van der Waals surface area contributed by atoms with Gasteiger partial charge in [0.05, 0.1) is 12.7 Å². The van der Waals surface area contributed by atoms with E-state index < -0.39 is 0 Å². The van der Waals surface area contributed by atoms with Crippen LogP contribution >= 0.6 is 0 Å². The van der Waals surface area contributed by atoms with E-state index in [1.807, 2.05) is 0 Å². The molecule has 0 bridgehead atoms. The van der Waals surface area contributed by atoms with Crippen molar-refractivity contribution in [2.75, 3.05) is 13.1 Å². The van der Waals surface area contributed by atoms with Crippen molar-refractivity contribution in [1.29, 1.82) is 0 Å². The van der Waals surface area contributed by atoms with Gasteiger partial charge in [0.2, 0.25) is 0 Å². The monoisotopic (exact) mass is 323 g/mol. The molecule has 0 aliphatic carbocycles. The van der Waals surface area contributed by atoms with E-state index in [1.165, 1.54) is 89.3 Å². The first-order valence-electron chi connectivity index (χ1n) is 10.3. The van der Waals surface area contributed by atoms with Gasteiger partial charge >= 0.3 is 0 Å². The first kappa shape index (κ1) is 20.5. The van der Waals surface area contributed by atoms with Crippen LogP contribution in [0.3, 0.4) is 0 Å². The SMILES string of the molecule is CCCCCCCCCCCCCCCC1=NCCN1C(C)N. The number of unbranched alkanes of at least 4 members (excludes halogenated alkanes) is 12. The van der Waals surface area contributed by atoms with E-state index in [1.54, 1.807) is 0 Å². The Kier molecular flexibility index (Phi) is 12.3. The van der Waals surface area contributed by atoms with E-state index in [2.05, 4.69) is 23.7 Å². The number of aliphatic imine (C=N–C) groups is 1. The van der Waals surface area contributed by atoms with E-state index in [0.29, 0.717) is 0 Å². The summed E-state index contributed by atoms with van der Waals surface area (Å²) in [5.41, 5.74) is 5.98. The quantitative estimate of drug-likeness (QED) is 0.405. The lowest BCUT2D eigenvalue weighted by atomic mass is 10.0. The Morgan fingerprint density at radius 1 is 0.870 bits per heavy atom. The van der Waals surface area contributed by atoms with Gasteiger partial charge in [-0.3, -0.25) is 4.99 Å². The lowest BCUT2D eigenvalue weighted by molar-refractivity contribution is 0.358. The molecule has 1 aliphatic rings. The highest BCUT2D eigenvalue weighted by molar-refractivity contribution is 5.83. The molecular formula is C20H41N3. The molecule has 3 nitrogen and oxygen atoms in total. The van der Waals surface area contributed by atoms with Crippen LogP contribution in [0.2, 0.25) is 0 Å². The van der Waals surface area contributed by atoms with Crippen LogP contribution < -0.4 is 5.73 Å². The molecule has 0 radical (unpaired) electrons. The van der Waals surface area contributed by atoms with Crippen molar-refractivity contribution in [2.24, 2.45) is 10.7 Å². The highest BCUT2D eigenvalue weighted by atomic mass is 15.3. The number of hydrogen-bond donors (Lipinski definition) is 1. The Labute approximate surface area is 145 Å². The third-order valence-electron chi connectivity index (χ3n) is 4.96. The number of amidine groups is 1. The molecule has 1 aliphatic heterocycles. The highest BCUT2D eigenvalue weighted by Gasteiger charge is 2.18. The van der Waals surface area contributed by atoms with E-state index in [4.69, 9.17) is 5.73 Å². The van der Waals surface area contributed by atoms with Gasteiger partial charge in [-0.25, -0.2) is 0 Å². The Balaban J connectivity index is 1.82. The zero-order valence-corrected chi connectivity index (χ0v) is 15.9. The summed E-state index contributed by atoms with van der Waals surface area (Å²) < 4.78 is 0. The smallest absolute Gasteiger partial charge is 0.100 e. The number of hydrogen-bond acceptors (Lipinski definition) is 3. The van der Waals surface area contributed by atoms with Crippen molar-refractivity contribution < 1.29 is 0 Å². The summed E-state index contributed by atoms with van der Waals surface area (Å²) in [6.07, 6.45) is 19.6. The van der Waals surface area contributed by atoms with E-state index >= 15 is 0 Å². The maximum Gasteiger partial charge on any atom is 0.100 e. The minimum Gasteiger partial charge on any atom is -0.343 e. The zero-order chi connectivity index (χ0) is 16.8. The summed E-state index contributed by atoms with van der Waals surface area (Å²) in [7, 11) is 0. The van der Waals surface area contributed by atoms with Crippen LogP contribution in [0.4, 0.5) is 0 Å². The van der Waals surface area contributed by atoms with Gasteiger partial charge in [0.1, 0.15) is 5.84 Å². The molecule has 0 saturated carbocycles. The van der Waals surface area contributed by atoms with Gasteiger partial charge in [-0.05, 0) is 13.3 Å². The van der Waals surface area contributed by atoms with Crippen LogP contribution in [0.15, 0.2) is 4.99 Å². The molecule has 0 spiro atoms. The molecule has 0 saturated heterocycles. The molecule has 1 heterocycles. The standard InChI is InChI=1S/C20H41N3/c1-3-4-5-6-7-8-9-10-11-12-13-14-15-16-20-22-17-18-23(20)19(2)21/h19H,3-18,21H2,1-2H3. The summed E-state index contributed by atoms with van der Waals surface area (Å²) in [4.78, 5) is 6.86. The zero-order valence-electron chi connectivity index (χ0n) is 15.9. The fourth-order valence-corrected chi connectivity index (χ4v) is 3.47. The summed E-state index contributed by atoms with van der Waals surface area (Å²) in [5, 5.41) is 0. The fraction of sp³-hybridized carbons (Fsp3) is 0.950. The van der Waals surface area contributed by atoms with Gasteiger partial charge in [0.15, 0.2) is 0 Å². The average Bonchev–Trinajstić information content (AvgIpc) is 3.00. The maximum absolute atomic E-state index is 5.98. The lowest BCUT2D eigenvalue weighted by Gasteiger charge is -2.24. The fourth-order valence-electron chi connectivity index (χ4n) is 3.47. The largest absolute Gasteiger partial charge is 0.343 e. The molecule has 2 N–H and O–H groups in total. The third kappa shape index (κ3) is 10.0. The molecular weight excluding hydrogens is 282 g/mol. The van der Waals surface area contributed by atoms with Crippen LogP contribution in [0, 0.1) is 0 Å². The van der Waals surface area contributed by atoms with Gasteiger partial charge < -0.3 is 10.6 Å². The van der Waals surface area contributed by atoms with Gasteiger partial charge in [-0.1, -0.05) is 84.0 Å². The highest BCUT2D eigenvalue weighted by Crippen LogP contribution is 2.15. The summed E-state index contributed by atoms with van der Waals surface area (Å²) in [6.45, 7) is 6.31. The van der Waals surface area contributed by atoms with Crippen molar-refractivity contribution in [3.05, 3.63) is 0 Å². The molecule has 1 unspecified atom stereocenters. The molecule has 1 atom stereocenters. The normalized spacial score (nSPS) is 16.0. The summed E-state index contributed by atoms with van der Waals surface area (Å²) in [5.74, 6) is 1.25. The number of rotatable bonds is 15. The second-order valence-corrected chi connectivity index (χ2v) is 7.22. The molecule has 0 aromatic carbocycles. The molecule has 3 heteroatoms. The van der Waals surface area contributed by atoms with Crippen LogP contribution in [0.5, 0.6) is 0 Å². The molecule has 0 fully saturated rings. The van der Waals surface area contributed by atoms with Gasteiger partial charge in [-0.15, -0.1) is 0 Å². The molecule has 0 aromatic rings. The van der Waals surface area contributed by atoms with Crippen LogP contribution in [0.1, 0.15) is 104 Å². The van der Waals surface area contributed by atoms with Crippen molar-refractivity contribution in [3.63, 3.8) is 0 Å². The number of nitrogens with two attached hydrogens (primary N) is 1. The molecule has 136 valence electrons. The Hall–Kier alpha value is -0.570.